The fourth-order valence-electron chi connectivity index (χ4n) is 4.87. The average Bonchev–Trinajstić information content (AvgIpc) is 3.55. The first-order valence-corrected chi connectivity index (χ1v) is 12.2. The number of nitrogens with one attached hydrogen (secondary N) is 1. The Labute approximate surface area is 204 Å². The van der Waals surface area contributed by atoms with Crippen LogP contribution in [-0.4, -0.2) is 28.7 Å². The third-order valence-corrected chi connectivity index (χ3v) is 6.54. The summed E-state index contributed by atoms with van der Waals surface area (Å²) in [5, 5.41) is 3.00. The largest absolute Gasteiger partial charge is 0.444 e. The maximum Gasteiger partial charge on any atom is 0.407 e. The SMILES string of the molecule is CC(C)(C)OC(=O)NCC[C@@]1(N(Cc2ccccc2)Cc2ccccc2)C[C@H]1c1ccccc1. The van der Waals surface area contributed by atoms with Gasteiger partial charge in [0.2, 0.25) is 0 Å². The Morgan fingerprint density at radius 3 is 1.88 bits per heavy atom. The van der Waals surface area contributed by atoms with Crippen molar-refractivity contribution in [3.63, 3.8) is 0 Å². The lowest BCUT2D eigenvalue weighted by Crippen LogP contribution is -2.41. The van der Waals surface area contributed by atoms with Gasteiger partial charge in [-0.3, -0.25) is 4.90 Å². The van der Waals surface area contributed by atoms with E-state index in [1.807, 2.05) is 20.8 Å². The van der Waals surface area contributed by atoms with Gasteiger partial charge in [-0.25, -0.2) is 4.79 Å². The van der Waals surface area contributed by atoms with Crippen molar-refractivity contribution >= 4 is 6.09 Å². The van der Waals surface area contributed by atoms with Gasteiger partial charge in [0.05, 0.1) is 0 Å². The van der Waals surface area contributed by atoms with Crippen molar-refractivity contribution in [2.24, 2.45) is 0 Å². The van der Waals surface area contributed by atoms with E-state index < -0.39 is 5.60 Å². The van der Waals surface area contributed by atoms with E-state index in [1.54, 1.807) is 0 Å². The second kappa shape index (κ2) is 10.4. The van der Waals surface area contributed by atoms with Crippen LogP contribution in [0.1, 0.15) is 56.2 Å². The summed E-state index contributed by atoms with van der Waals surface area (Å²) < 4.78 is 5.47. The zero-order chi connectivity index (χ0) is 24.0. The van der Waals surface area contributed by atoms with Crippen LogP contribution in [0.25, 0.3) is 0 Å². The molecule has 3 aromatic carbocycles. The number of carbonyl (C=O) groups is 1. The molecule has 2 atom stereocenters. The Bertz CT molecular complexity index is 1010. The highest BCUT2D eigenvalue weighted by molar-refractivity contribution is 5.67. The minimum atomic E-state index is -0.499. The van der Waals surface area contributed by atoms with Gasteiger partial charge in [-0.05, 0) is 50.3 Å². The predicted octanol–water partition coefficient (Wildman–Crippen LogP) is 6.53. The maximum absolute atomic E-state index is 12.3. The number of rotatable bonds is 9. The zero-order valence-electron chi connectivity index (χ0n) is 20.5. The summed E-state index contributed by atoms with van der Waals surface area (Å²) in [5.41, 5.74) is 3.45. The highest BCUT2D eigenvalue weighted by atomic mass is 16.6. The van der Waals surface area contributed by atoms with Crippen molar-refractivity contribution in [2.75, 3.05) is 6.54 Å². The molecule has 34 heavy (non-hydrogen) atoms. The van der Waals surface area contributed by atoms with Gasteiger partial charge in [-0.1, -0.05) is 91.0 Å². The third-order valence-electron chi connectivity index (χ3n) is 6.54. The van der Waals surface area contributed by atoms with Crippen molar-refractivity contribution in [3.8, 4) is 0 Å². The smallest absolute Gasteiger partial charge is 0.407 e. The van der Waals surface area contributed by atoms with Crippen molar-refractivity contribution in [1.29, 1.82) is 0 Å². The topological polar surface area (TPSA) is 41.6 Å². The van der Waals surface area contributed by atoms with Crippen LogP contribution in [0.2, 0.25) is 0 Å². The zero-order valence-corrected chi connectivity index (χ0v) is 20.5. The van der Waals surface area contributed by atoms with Gasteiger partial charge in [0.15, 0.2) is 0 Å². The van der Waals surface area contributed by atoms with E-state index in [-0.39, 0.29) is 11.6 Å². The Kier molecular flexibility index (Phi) is 7.38. The number of alkyl carbamates (subject to hydrolysis) is 1. The van der Waals surface area contributed by atoms with E-state index in [0.717, 1.165) is 25.9 Å². The quantitative estimate of drug-likeness (QED) is 0.398. The van der Waals surface area contributed by atoms with Crippen LogP contribution in [-0.2, 0) is 17.8 Å². The summed E-state index contributed by atoms with van der Waals surface area (Å²) >= 11 is 0. The molecule has 1 aliphatic rings. The van der Waals surface area contributed by atoms with Crippen molar-refractivity contribution < 1.29 is 9.53 Å². The van der Waals surface area contributed by atoms with Crippen molar-refractivity contribution in [2.45, 2.75) is 63.8 Å². The molecular formula is C30H36N2O2. The molecule has 4 heteroatoms. The fraction of sp³-hybridized carbons (Fsp3) is 0.367. The fourth-order valence-corrected chi connectivity index (χ4v) is 4.87. The molecule has 1 saturated carbocycles. The molecule has 0 aliphatic heterocycles. The molecular weight excluding hydrogens is 420 g/mol. The molecule has 0 unspecified atom stereocenters. The summed E-state index contributed by atoms with van der Waals surface area (Å²) in [6.45, 7) is 7.99. The Morgan fingerprint density at radius 1 is 0.882 bits per heavy atom. The number of hydrogen-bond donors (Lipinski definition) is 1. The summed E-state index contributed by atoms with van der Waals surface area (Å²) in [4.78, 5) is 14.9. The molecule has 178 valence electrons. The first-order valence-electron chi connectivity index (χ1n) is 12.2. The Hall–Kier alpha value is -3.11. The van der Waals surface area contributed by atoms with E-state index in [2.05, 4.69) is 101 Å². The third kappa shape index (κ3) is 6.27. The lowest BCUT2D eigenvalue weighted by molar-refractivity contribution is 0.0516. The second-order valence-corrected chi connectivity index (χ2v) is 10.3. The summed E-state index contributed by atoms with van der Waals surface area (Å²) in [6.07, 6.45) is 1.59. The normalized spacial score (nSPS) is 19.6. The summed E-state index contributed by atoms with van der Waals surface area (Å²) in [7, 11) is 0. The number of ether oxygens (including phenoxy) is 1. The van der Waals surface area contributed by atoms with Crippen LogP contribution in [0.15, 0.2) is 91.0 Å². The molecule has 1 amide bonds. The lowest BCUT2D eigenvalue weighted by atomic mass is 9.99. The van der Waals surface area contributed by atoms with Crippen LogP contribution < -0.4 is 5.32 Å². The van der Waals surface area contributed by atoms with Gasteiger partial charge < -0.3 is 10.1 Å². The number of nitrogens with zero attached hydrogens (tertiary/aromatic N) is 1. The van der Waals surface area contributed by atoms with E-state index in [1.165, 1.54) is 16.7 Å². The molecule has 3 aromatic rings. The Balaban J connectivity index is 1.58. The standard InChI is InChI=1S/C30H36N2O2/c1-29(2,3)34-28(33)31-20-19-30(21-27(30)26-17-11-6-12-18-26)32(22-24-13-7-4-8-14-24)23-25-15-9-5-10-16-25/h4-18,27H,19-23H2,1-3H3,(H,31,33)/t27-,30+/m0/s1. The van der Waals surface area contributed by atoms with Crippen LogP contribution in [0.5, 0.6) is 0 Å². The molecule has 1 fully saturated rings. The number of amides is 1. The molecule has 0 radical (unpaired) electrons. The Morgan fingerprint density at radius 2 is 1.38 bits per heavy atom. The molecule has 0 aromatic heterocycles. The van der Waals surface area contributed by atoms with Gasteiger partial charge in [0.25, 0.3) is 0 Å². The molecule has 1 aliphatic carbocycles. The number of carbonyl (C=O) groups excluding carboxylic acids is 1. The molecule has 0 bridgehead atoms. The monoisotopic (exact) mass is 456 g/mol. The lowest BCUT2D eigenvalue weighted by Gasteiger charge is -2.34. The van der Waals surface area contributed by atoms with Crippen LogP contribution in [0, 0.1) is 0 Å². The molecule has 0 saturated heterocycles. The van der Waals surface area contributed by atoms with E-state index in [9.17, 15) is 4.79 Å². The van der Waals surface area contributed by atoms with Gasteiger partial charge in [0.1, 0.15) is 5.60 Å². The van der Waals surface area contributed by atoms with Crippen LogP contribution in [0.3, 0.4) is 0 Å². The minimum absolute atomic E-state index is 0.0257. The van der Waals surface area contributed by atoms with E-state index in [4.69, 9.17) is 4.74 Å². The summed E-state index contributed by atoms with van der Waals surface area (Å²) in [5.74, 6) is 0.432. The maximum atomic E-state index is 12.3. The van der Waals surface area contributed by atoms with Gasteiger partial charge >= 0.3 is 6.09 Å². The minimum Gasteiger partial charge on any atom is -0.444 e. The molecule has 0 heterocycles. The van der Waals surface area contributed by atoms with Crippen LogP contribution in [0.4, 0.5) is 4.79 Å². The van der Waals surface area contributed by atoms with Gasteiger partial charge in [-0.15, -0.1) is 0 Å². The number of benzene rings is 3. The van der Waals surface area contributed by atoms with Gasteiger partial charge in [0, 0.05) is 31.1 Å². The van der Waals surface area contributed by atoms with Crippen molar-refractivity contribution in [3.05, 3.63) is 108 Å². The number of hydrogen-bond acceptors (Lipinski definition) is 3. The first-order chi connectivity index (χ1) is 16.4. The van der Waals surface area contributed by atoms with Gasteiger partial charge in [-0.2, -0.15) is 0 Å². The summed E-state index contributed by atoms with van der Waals surface area (Å²) in [6, 6.07) is 32.1. The van der Waals surface area contributed by atoms with Crippen LogP contribution >= 0.6 is 0 Å². The molecule has 0 spiro atoms. The molecule has 1 N–H and O–H groups in total. The predicted molar refractivity (Wildman–Crippen MR) is 138 cm³/mol. The molecule has 4 rings (SSSR count). The highest BCUT2D eigenvalue weighted by Gasteiger charge is 2.57. The van der Waals surface area contributed by atoms with E-state index >= 15 is 0 Å². The molecule has 4 nitrogen and oxygen atoms in total. The first kappa shape index (κ1) is 24.0. The van der Waals surface area contributed by atoms with E-state index in [0.29, 0.717) is 12.5 Å². The highest BCUT2D eigenvalue weighted by Crippen LogP contribution is 2.58. The second-order valence-electron chi connectivity index (χ2n) is 10.3. The average molecular weight is 457 g/mol. The van der Waals surface area contributed by atoms with Crippen molar-refractivity contribution in [1.82, 2.24) is 10.2 Å².